The summed E-state index contributed by atoms with van der Waals surface area (Å²) >= 11 is 0. The molecule has 4 nitrogen and oxygen atoms in total. The minimum atomic E-state index is -3.37. The molecule has 2 N–H and O–H groups in total. The van der Waals surface area contributed by atoms with Gasteiger partial charge >= 0.3 is 0 Å². The Kier molecular flexibility index (Phi) is 3.50. The summed E-state index contributed by atoms with van der Waals surface area (Å²) in [7, 11) is -3.37. The number of rotatable bonds is 6. The van der Waals surface area contributed by atoms with Crippen molar-refractivity contribution in [3.8, 4) is 0 Å². The first-order valence-corrected chi connectivity index (χ1v) is 8.77. The molecule has 2 fully saturated rings. The Morgan fingerprint density at radius 2 is 1.70 bits per heavy atom. The normalized spacial score (nSPS) is 19.5. The minimum absolute atomic E-state index is 0.380. The molecule has 1 aromatic carbocycles. The molecule has 0 atom stereocenters. The second-order valence-corrected chi connectivity index (χ2v) is 8.17. The standard InChI is InChI=1S/C15H22N2O2S/c1-11-8-14(6-7-15(11)16)20(18,19)17(9-12-2-3-12)10-13-4-5-13/h6-8,12-13H,2-5,9-10,16H2,1H3. The van der Waals surface area contributed by atoms with E-state index in [0.29, 0.717) is 35.5 Å². The summed E-state index contributed by atoms with van der Waals surface area (Å²) in [5.74, 6) is 1.14. The topological polar surface area (TPSA) is 63.4 Å². The van der Waals surface area contributed by atoms with Crippen molar-refractivity contribution < 1.29 is 8.42 Å². The number of sulfonamides is 1. The zero-order valence-electron chi connectivity index (χ0n) is 11.9. The lowest BCUT2D eigenvalue weighted by molar-refractivity contribution is 0.382. The Hall–Kier alpha value is -1.07. The van der Waals surface area contributed by atoms with Gasteiger partial charge in [-0.15, -0.1) is 0 Å². The molecule has 0 spiro atoms. The Labute approximate surface area is 121 Å². The first-order chi connectivity index (χ1) is 9.46. The lowest BCUT2D eigenvalue weighted by Gasteiger charge is -2.22. The van der Waals surface area contributed by atoms with Crippen LogP contribution in [0.3, 0.4) is 0 Å². The molecule has 0 unspecified atom stereocenters. The first kappa shape index (κ1) is 13.9. The van der Waals surface area contributed by atoms with Crippen LogP contribution in [0.5, 0.6) is 0 Å². The smallest absolute Gasteiger partial charge is 0.243 e. The summed E-state index contributed by atoms with van der Waals surface area (Å²) in [5, 5.41) is 0. The predicted molar refractivity (Wildman–Crippen MR) is 79.8 cm³/mol. The van der Waals surface area contributed by atoms with Crippen LogP contribution in [0, 0.1) is 18.8 Å². The molecule has 0 heterocycles. The van der Waals surface area contributed by atoms with Gasteiger partial charge in [-0.05, 0) is 68.2 Å². The Balaban J connectivity index is 1.86. The Morgan fingerprint density at radius 3 is 2.15 bits per heavy atom. The summed E-state index contributed by atoms with van der Waals surface area (Å²) < 4.78 is 27.3. The van der Waals surface area contributed by atoms with E-state index < -0.39 is 10.0 Å². The van der Waals surface area contributed by atoms with E-state index in [-0.39, 0.29) is 0 Å². The van der Waals surface area contributed by atoms with Gasteiger partial charge in [0.15, 0.2) is 0 Å². The largest absolute Gasteiger partial charge is 0.399 e. The molecular weight excluding hydrogens is 272 g/mol. The summed E-state index contributed by atoms with van der Waals surface area (Å²) in [4.78, 5) is 0.380. The van der Waals surface area contributed by atoms with Gasteiger partial charge in [0.05, 0.1) is 4.90 Å². The molecule has 0 saturated heterocycles. The molecule has 5 heteroatoms. The van der Waals surface area contributed by atoms with E-state index in [4.69, 9.17) is 5.73 Å². The molecular formula is C15H22N2O2S. The molecule has 3 rings (SSSR count). The van der Waals surface area contributed by atoms with Crippen molar-refractivity contribution in [2.45, 2.75) is 37.5 Å². The average Bonchev–Trinajstić information content (AvgIpc) is 3.26. The van der Waals surface area contributed by atoms with Crippen LogP contribution in [-0.4, -0.2) is 25.8 Å². The van der Waals surface area contributed by atoms with E-state index in [0.717, 1.165) is 31.2 Å². The van der Waals surface area contributed by atoms with Gasteiger partial charge in [-0.1, -0.05) is 0 Å². The van der Waals surface area contributed by atoms with Gasteiger partial charge in [-0.2, -0.15) is 4.31 Å². The number of anilines is 1. The molecule has 0 aliphatic heterocycles. The molecule has 20 heavy (non-hydrogen) atoms. The fourth-order valence-electron chi connectivity index (χ4n) is 2.41. The molecule has 0 radical (unpaired) electrons. The molecule has 2 saturated carbocycles. The van der Waals surface area contributed by atoms with Gasteiger partial charge in [0.2, 0.25) is 10.0 Å². The third kappa shape index (κ3) is 2.99. The summed E-state index contributed by atoms with van der Waals surface area (Å²) in [6.45, 7) is 3.21. The van der Waals surface area contributed by atoms with E-state index in [1.807, 2.05) is 6.92 Å². The van der Waals surface area contributed by atoms with E-state index in [9.17, 15) is 8.42 Å². The molecule has 0 aromatic heterocycles. The van der Waals surface area contributed by atoms with Gasteiger partial charge in [-0.25, -0.2) is 8.42 Å². The quantitative estimate of drug-likeness (QED) is 0.819. The van der Waals surface area contributed by atoms with Crippen molar-refractivity contribution in [3.05, 3.63) is 23.8 Å². The average molecular weight is 294 g/mol. The highest BCUT2D eigenvalue weighted by Gasteiger charge is 2.35. The first-order valence-electron chi connectivity index (χ1n) is 7.33. The maximum Gasteiger partial charge on any atom is 0.243 e. The highest BCUT2D eigenvalue weighted by atomic mass is 32.2. The van der Waals surface area contributed by atoms with Gasteiger partial charge in [0.25, 0.3) is 0 Å². The highest BCUT2D eigenvalue weighted by molar-refractivity contribution is 7.89. The van der Waals surface area contributed by atoms with Crippen molar-refractivity contribution in [2.24, 2.45) is 11.8 Å². The summed E-state index contributed by atoms with van der Waals surface area (Å²) in [5.41, 5.74) is 7.24. The van der Waals surface area contributed by atoms with Gasteiger partial charge < -0.3 is 5.73 Å². The Morgan fingerprint density at radius 1 is 1.15 bits per heavy atom. The van der Waals surface area contributed by atoms with Gasteiger partial charge in [-0.3, -0.25) is 0 Å². The maximum absolute atomic E-state index is 12.8. The van der Waals surface area contributed by atoms with Crippen LogP contribution in [0.15, 0.2) is 23.1 Å². The number of nitrogen functional groups attached to an aromatic ring is 1. The van der Waals surface area contributed by atoms with Crippen molar-refractivity contribution in [2.75, 3.05) is 18.8 Å². The van der Waals surface area contributed by atoms with Crippen LogP contribution in [0.1, 0.15) is 31.2 Å². The summed E-state index contributed by atoms with van der Waals surface area (Å²) in [6, 6.07) is 5.01. The third-order valence-electron chi connectivity index (χ3n) is 4.20. The number of aryl methyl sites for hydroxylation is 1. The van der Waals surface area contributed by atoms with Crippen LogP contribution in [0.2, 0.25) is 0 Å². The van der Waals surface area contributed by atoms with Crippen LogP contribution < -0.4 is 5.73 Å². The molecule has 2 aliphatic carbocycles. The molecule has 0 amide bonds. The van der Waals surface area contributed by atoms with Crippen LogP contribution in [0.25, 0.3) is 0 Å². The number of hydrogen-bond donors (Lipinski definition) is 1. The fourth-order valence-corrected chi connectivity index (χ4v) is 4.08. The summed E-state index contributed by atoms with van der Waals surface area (Å²) in [6.07, 6.45) is 4.66. The lowest BCUT2D eigenvalue weighted by atomic mass is 10.2. The number of hydrogen-bond acceptors (Lipinski definition) is 3. The predicted octanol–water partition coefficient (Wildman–Crippen LogP) is 2.39. The number of benzene rings is 1. The lowest BCUT2D eigenvalue weighted by Crippen LogP contribution is -2.34. The van der Waals surface area contributed by atoms with Crippen molar-refractivity contribution in [1.82, 2.24) is 4.31 Å². The highest BCUT2D eigenvalue weighted by Crippen LogP contribution is 2.36. The molecule has 2 aliphatic rings. The van der Waals surface area contributed by atoms with Crippen molar-refractivity contribution in [1.29, 1.82) is 0 Å². The van der Waals surface area contributed by atoms with Crippen LogP contribution in [-0.2, 0) is 10.0 Å². The number of nitrogens with zero attached hydrogens (tertiary/aromatic N) is 1. The van der Waals surface area contributed by atoms with E-state index in [1.165, 1.54) is 0 Å². The molecule has 1 aromatic rings. The van der Waals surface area contributed by atoms with E-state index >= 15 is 0 Å². The minimum Gasteiger partial charge on any atom is -0.399 e. The zero-order chi connectivity index (χ0) is 14.3. The molecule has 110 valence electrons. The SMILES string of the molecule is Cc1cc(S(=O)(=O)N(CC2CC2)CC2CC2)ccc1N. The second kappa shape index (κ2) is 5.04. The van der Waals surface area contributed by atoms with E-state index in [2.05, 4.69) is 0 Å². The fraction of sp³-hybridized carbons (Fsp3) is 0.600. The molecule has 0 bridgehead atoms. The monoisotopic (exact) mass is 294 g/mol. The second-order valence-electron chi connectivity index (χ2n) is 6.23. The third-order valence-corrected chi connectivity index (χ3v) is 6.02. The van der Waals surface area contributed by atoms with Gasteiger partial charge in [0.1, 0.15) is 0 Å². The van der Waals surface area contributed by atoms with Crippen LogP contribution >= 0.6 is 0 Å². The van der Waals surface area contributed by atoms with Crippen LogP contribution in [0.4, 0.5) is 5.69 Å². The van der Waals surface area contributed by atoms with E-state index in [1.54, 1.807) is 22.5 Å². The number of nitrogens with two attached hydrogens (primary N) is 1. The van der Waals surface area contributed by atoms with Crippen molar-refractivity contribution in [3.63, 3.8) is 0 Å². The van der Waals surface area contributed by atoms with Gasteiger partial charge in [0, 0.05) is 18.8 Å². The maximum atomic E-state index is 12.8. The zero-order valence-corrected chi connectivity index (χ0v) is 12.7. The van der Waals surface area contributed by atoms with Crippen molar-refractivity contribution >= 4 is 15.7 Å². The Bertz CT molecular complexity index is 590.